The number of aliphatic hydroxyl groups excluding tert-OH is 1. The lowest BCUT2D eigenvalue weighted by Gasteiger charge is -2.05. The predicted molar refractivity (Wildman–Crippen MR) is 90.8 cm³/mol. The monoisotopic (exact) mass is 368 g/mol. The molecule has 0 aliphatic heterocycles. The largest absolute Gasteiger partial charge is 0.504 e. The number of carboxylic acids is 1. The van der Waals surface area contributed by atoms with Gasteiger partial charge in [-0.05, 0) is 38.1 Å². The number of carboxylic acid groups (broad SMARTS) is 1. The Hall–Kier alpha value is -2.38. The van der Waals surface area contributed by atoms with Crippen LogP contribution in [0.5, 0.6) is 0 Å². The Bertz CT molecular complexity index is 843. The summed E-state index contributed by atoms with van der Waals surface area (Å²) < 4.78 is 1.47. The second kappa shape index (κ2) is 7.46. The van der Waals surface area contributed by atoms with Crippen molar-refractivity contribution in [2.75, 3.05) is 0 Å². The summed E-state index contributed by atoms with van der Waals surface area (Å²) in [5.74, 6) is -1.94. The average Bonchev–Trinajstić information content (AvgIpc) is 2.91. The minimum Gasteiger partial charge on any atom is -0.504 e. The molecule has 1 heterocycles. The number of aliphatic hydroxyl groups is 1. The van der Waals surface area contributed by atoms with Crippen molar-refractivity contribution in [2.45, 2.75) is 20.4 Å². The second-order valence-electron chi connectivity index (χ2n) is 4.79. The van der Waals surface area contributed by atoms with Crippen LogP contribution in [0.4, 0.5) is 5.69 Å². The Morgan fingerprint density at radius 3 is 2.54 bits per heavy atom. The van der Waals surface area contributed by atoms with Gasteiger partial charge in [-0.15, -0.1) is 5.11 Å². The molecule has 0 atom stereocenters. The van der Waals surface area contributed by atoms with Crippen LogP contribution in [0.15, 0.2) is 40.2 Å². The summed E-state index contributed by atoms with van der Waals surface area (Å²) in [5, 5.41) is 31.8. The summed E-state index contributed by atoms with van der Waals surface area (Å²) in [5.41, 5.74) is 0.594. The molecule has 0 bridgehead atoms. The number of rotatable bonds is 5. The van der Waals surface area contributed by atoms with Crippen molar-refractivity contribution in [1.82, 2.24) is 9.78 Å². The third kappa shape index (κ3) is 3.93. The fraction of sp³-hybridized carbons (Fsp3) is 0.200. The number of nitrogens with zero attached hydrogens (tertiary/aromatic N) is 4. The van der Waals surface area contributed by atoms with Gasteiger partial charge in [0.15, 0.2) is 5.76 Å². The molecular formula is C15H14Cl2N4O3. The van der Waals surface area contributed by atoms with Gasteiger partial charge in [0.05, 0.1) is 21.4 Å². The number of aliphatic carboxylic acids is 1. The molecule has 9 heteroatoms. The summed E-state index contributed by atoms with van der Waals surface area (Å²) in [6.45, 7) is 4.02. The molecule has 24 heavy (non-hydrogen) atoms. The van der Waals surface area contributed by atoms with Crippen LogP contribution in [0.3, 0.4) is 0 Å². The zero-order chi connectivity index (χ0) is 17.9. The number of hydrogen-bond acceptors (Lipinski definition) is 5. The number of azo groups is 1. The van der Waals surface area contributed by atoms with E-state index in [9.17, 15) is 15.0 Å². The molecule has 1 aromatic heterocycles. The van der Waals surface area contributed by atoms with E-state index in [1.807, 2.05) is 6.92 Å². The highest BCUT2D eigenvalue weighted by Gasteiger charge is 2.19. The van der Waals surface area contributed by atoms with E-state index in [2.05, 4.69) is 15.3 Å². The summed E-state index contributed by atoms with van der Waals surface area (Å²) >= 11 is 11.7. The van der Waals surface area contributed by atoms with Gasteiger partial charge in [0, 0.05) is 6.54 Å². The zero-order valence-electron chi connectivity index (χ0n) is 12.9. The van der Waals surface area contributed by atoms with Gasteiger partial charge in [-0.25, -0.2) is 4.79 Å². The standard InChI is InChI=1S/C15H14Cl2N4O3/c1-3-21-12(6-8(2)20-21)14(22)13(15(23)24)19-18-9-4-5-10(16)11(17)7-9/h4-7,22H,3H2,1-2H3,(H,23,24). The minimum absolute atomic E-state index is 0.250. The number of hydrogen-bond donors (Lipinski definition) is 2. The van der Waals surface area contributed by atoms with Crippen molar-refractivity contribution >= 4 is 40.6 Å². The number of halogens is 2. The Morgan fingerprint density at radius 2 is 1.96 bits per heavy atom. The Balaban J connectivity index is 2.46. The highest BCUT2D eigenvalue weighted by Crippen LogP contribution is 2.27. The molecule has 2 N–H and O–H groups in total. The number of aryl methyl sites for hydroxylation is 2. The Kier molecular flexibility index (Phi) is 5.58. The topological polar surface area (TPSA) is 100 Å². The first-order valence-corrected chi connectivity index (χ1v) is 7.67. The normalized spacial score (nSPS) is 12.5. The summed E-state index contributed by atoms with van der Waals surface area (Å²) in [4.78, 5) is 11.4. The Morgan fingerprint density at radius 1 is 1.25 bits per heavy atom. The van der Waals surface area contributed by atoms with E-state index in [0.29, 0.717) is 22.9 Å². The van der Waals surface area contributed by atoms with E-state index in [4.69, 9.17) is 23.2 Å². The maximum Gasteiger partial charge on any atom is 0.360 e. The van der Waals surface area contributed by atoms with Crippen LogP contribution in [-0.4, -0.2) is 26.0 Å². The molecular weight excluding hydrogens is 355 g/mol. The molecule has 0 unspecified atom stereocenters. The molecule has 2 aromatic rings. The molecule has 7 nitrogen and oxygen atoms in total. The van der Waals surface area contributed by atoms with Crippen molar-refractivity contribution < 1.29 is 15.0 Å². The number of carbonyl (C=O) groups is 1. The van der Waals surface area contributed by atoms with Crippen molar-refractivity contribution in [3.8, 4) is 0 Å². The minimum atomic E-state index is -1.42. The van der Waals surface area contributed by atoms with Gasteiger partial charge in [0.25, 0.3) is 0 Å². The average molecular weight is 369 g/mol. The van der Waals surface area contributed by atoms with Gasteiger partial charge in [-0.3, -0.25) is 4.68 Å². The summed E-state index contributed by atoms with van der Waals surface area (Å²) in [7, 11) is 0. The molecule has 0 amide bonds. The van der Waals surface area contributed by atoms with Crippen LogP contribution in [0.2, 0.25) is 10.0 Å². The lowest BCUT2D eigenvalue weighted by atomic mass is 10.2. The van der Waals surface area contributed by atoms with Gasteiger partial charge < -0.3 is 10.2 Å². The molecule has 1 aromatic carbocycles. The van der Waals surface area contributed by atoms with Gasteiger partial charge >= 0.3 is 5.97 Å². The summed E-state index contributed by atoms with van der Waals surface area (Å²) in [6, 6.07) is 6.03. The lowest BCUT2D eigenvalue weighted by Crippen LogP contribution is -2.07. The molecule has 126 valence electrons. The van der Waals surface area contributed by atoms with Crippen LogP contribution in [0.25, 0.3) is 5.76 Å². The summed E-state index contributed by atoms with van der Waals surface area (Å²) in [6.07, 6.45) is 0. The van der Waals surface area contributed by atoms with E-state index < -0.39 is 17.4 Å². The lowest BCUT2D eigenvalue weighted by molar-refractivity contribution is -0.132. The second-order valence-corrected chi connectivity index (χ2v) is 5.60. The maximum atomic E-state index is 11.4. The molecule has 0 spiro atoms. The fourth-order valence-corrected chi connectivity index (χ4v) is 2.24. The van der Waals surface area contributed by atoms with Gasteiger partial charge in [-0.1, -0.05) is 23.2 Å². The van der Waals surface area contributed by atoms with E-state index >= 15 is 0 Å². The third-order valence-electron chi connectivity index (χ3n) is 3.04. The van der Waals surface area contributed by atoms with Gasteiger partial charge in [-0.2, -0.15) is 10.2 Å². The molecule has 0 aliphatic rings. The fourth-order valence-electron chi connectivity index (χ4n) is 1.94. The van der Waals surface area contributed by atoms with Gasteiger partial charge in [0.1, 0.15) is 5.69 Å². The molecule has 0 saturated heterocycles. The molecule has 2 rings (SSSR count). The van der Waals surface area contributed by atoms with Crippen molar-refractivity contribution in [2.24, 2.45) is 10.2 Å². The van der Waals surface area contributed by atoms with E-state index in [1.54, 1.807) is 13.0 Å². The van der Waals surface area contributed by atoms with Crippen LogP contribution in [0.1, 0.15) is 18.3 Å². The maximum absolute atomic E-state index is 11.4. The van der Waals surface area contributed by atoms with Crippen molar-refractivity contribution in [3.05, 3.63) is 51.4 Å². The van der Waals surface area contributed by atoms with Crippen molar-refractivity contribution in [3.63, 3.8) is 0 Å². The smallest absolute Gasteiger partial charge is 0.360 e. The highest BCUT2D eigenvalue weighted by molar-refractivity contribution is 6.42. The first-order valence-electron chi connectivity index (χ1n) is 6.91. The van der Waals surface area contributed by atoms with Crippen LogP contribution in [0, 0.1) is 6.92 Å². The van der Waals surface area contributed by atoms with Crippen LogP contribution in [-0.2, 0) is 11.3 Å². The predicted octanol–water partition coefficient (Wildman–Crippen LogP) is 4.61. The SMILES string of the molecule is CCn1nc(C)cc1C(O)=C(N=Nc1ccc(Cl)c(Cl)c1)C(=O)O. The van der Waals surface area contributed by atoms with Crippen molar-refractivity contribution in [1.29, 1.82) is 0 Å². The first-order chi connectivity index (χ1) is 11.3. The molecule has 0 radical (unpaired) electrons. The first kappa shape index (κ1) is 18.0. The molecule has 0 saturated carbocycles. The Labute approximate surface area is 147 Å². The zero-order valence-corrected chi connectivity index (χ0v) is 14.4. The van der Waals surface area contributed by atoms with Crippen LogP contribution < -0.4 is 0 Å². The third-order valence-corrected chi connectivity index (χ3v) is 3.78. The van der Waals surface area contributed by atoms with E-state index in [1.165, 1.54) is 22.9 Å². The number of aromatic nitrogens is 2. The molecule has 0 fully saturated rings. The molecule has 0 aliphatic carbocycles. The van der Waals surface area contributed by atoms with E-state index in [0.717, 1.165) is 0 Å². The number of benzene rings is 1. The quantitative estimate of drug-likeness (QED) is 0.456. The van der Waals surface area contributed by atoms with Gasteiger partial charge in [0.2, 0.25) is 5.70 Å². The highest BCUT2D eigenvalue weighted by atomic mass is 35.5. The van der Waals surface area contributed by atoms with E-state index in [-0.39, 0.29) is 10.7 Å². The van der Waals surface area contributed by atoms with Crippen LogP contribution >= 0.6 is 23.2 Å².